The summed E-state index contributed by atoms with van der Waals surface area (Å²) < 4.78 is 19.0. The van der Waals surface area contributed by atoms with Crippen molar-refractivity contribution in [3.8, 4) is 5.75 Å². The zero-order valence-electron chi connectivity index (χ0n) is 11.8. The zero-order valence-corrected chi connectivity index (χ0v) is 11.8. The molecule has 1 atom stereocenters. The Labute approximate surface area is 118 Å². The Bertz CT molecular complexity index is 481. The van der Waals surface area contributed by atoms with Gasteiger partial charge < -0.3 is 20.3 Å². The van der Waals surface area contributed by atoms with Gasteiger partial charge in [-0.15, -0.1) is 0 Å². The van der Waals surface area contributed by atoms with Crippen LogP contribution < -0.4 is 15.4 Å². The van der Waals surface area contributed by atoms with E-state index < -0.39 is 0 Å². The lowest BCUT2D eigenvalue weighted by Gasteiger charge is -2.18. The first-order valence-electron chi connectivity index (χ1n) is 6.74. The van der Waals surface area contributed by atoms with Crippen LogP contribution in [0.5, 0.6) is 5.75 Å². The molecular formula is C14H20FN3O2. The maximum absolute atomic E-state index is 13.3. The van der Waals surface area contributed by atoms with Gasteiger partial charge in [-0.2, -0.15) is 0 Å². The third-order valence-corrected chi connectivity index (χ3v) is 3.44. The Morgan fingerprint density at radius 3 is 3.00 bits per heavy atom. The normalized spacial score (nSPS) is 16.1. The van der Waals surface area contributed by atoms with E-state index in [9.17, 15) is 9.18 Å². The van der Waals surface area contributed by atoms with Gasteiger partial charge in [-0.25, -0.2) is 9.18 Å². The number of hydrogen-bond donors (Lipinski definition) is 2. The number of nitrogens with one attached hydrogen (secondary N) is 2. The van der Waals surface area contributed by atoms with Crippen LogP contribution in [-0.2, 0) is 0 Å². The summed E-state index contributed by atoms with van der Waals surface area (Å²) in [6.45, 7) is 4.23. The van der Waals surface area contributed by atoms with Crippen LogP contribution in [0, 0.1) is 5.82 Å². The van der Waals surface area contributed by atoms with Gasteiger partial charge in [0.15, 0.2) is 0 Å². The van der Waals surface area contributed by atoms with Crippen molar-refractivity contribution < 1.29 is 13.9 Å². The predicted molar refractivity (Wildman–Crippen MR) is 74.3 cm³/mol. The molecule has 0 spiro atoms. The number of carbonyl (C=O) groups excluding carboxylic acids is 1. The summed E-state index contributed by atoms with van der Waals surface area (Å²) in [7, 11) is 1.81. The van der Waals surface area contributed by atoms with Crippen molar-refractivity contribution in [3.63, 3.8) is 0 Å². The molecule has 0 radical (unpaired) electrons. The average molecular weight is 281 g/mol. The average Bonchev–Trinajstić information content (AvgIpc) is 2.85. The number of amides is 2. The molecule has 1 aliphatic heterocycles. The fourth-order valence-corrected chi connectivity index (χ4v) is 2.13. The van der Waals surface area contributed by atoms with Crippen LogP contribution in [0.2, 0.25) is 0 Å². The molecule has 1 aromatic rings. The minimum absolute atomic E-state index is 0.00390. The number of carbonyl (C=O) groups is 1. The highest BCUT2D eigenvalue weighted by Gasteiger charge is 2.19. The fourth-order valence-electron chi connectivity index (χ4n) is 2.13. The molecule has 2 N–H and O–H groups in total. The molecule has 5 nitrogen and oxygen atoms in total. The highest BCUT2D eigenvalue weighted by atomic mass is 19.1. The van der Waals surface area contributed by atoms with Crippen molar-refractivity contribution in [1.82, 2.24) is 15.5 Å². The van der Waals surface area contributed by atoms with Crippen LogP contribution in [0.1, 0.15) is 18.5 Å². The lowest BCUT2D eigenvalue weighted by molar-refractivity contribution is 0.202. The number of ether oxygens (including phenoxy) is 1. The van der Waals surface area contributed by atoms with Crippen LogP contribution in [-0.4, -0.2) is 44.2 Å². The summed E-state index contributed by atoms with van der Waals surface area (Å²) in [5.41, 5.74) is 0.776. The van der Waals surface area contributed by atoms with Gasteiger partial charge in [-0.05, 0) is 32.2 Å². The van der Waals surface area contributed by atoms with Crippen molar-refractivity contribution in [1.29, 1.82) is 0 Å². The van der Waals surface area contributed by atoms with Crippen molar-refractivity contribution in [2.75, 3.05) is 33.3 Å². The number of urea groups is 1. The fraction of sp³-hybridized carbons (Fsp3) is 0.500. The van der Waals surface area contributed by atoms with Gasteiger partial charge >= 0.3 is 6.03 Å². The summed E-state index contributed by atoms with van der Waals surface area (Å²) in [4.78, 5) is 13.1. The molecule has 6 heteroatoms. The van der Waals surface area contributed by atoms with E-state index in [1.807, 2.05) is 14.0 Å². The second-order valence-corrected chi connectivity index (χ2v) is 4.76. The number of benzene rings is 1. The van der Waals surface area contributed by atoms with E-state index in [1.54, 1.807) is 11.0 Å². The Morgan fingerprint density at radius 2 is 2.35 bits per heavy atom. The molecule has 1 saturated heterocycles. The molecular weight excluding hydrogens is 261 g/mol. The second kappa shape index (κ2) is 6.56. The van der Waals surface area contributed by atoms with E-state index >= 15 is 0 Å². The number of halogens is 1. The van der Waals surface area contributed by atoms with Gasteiger partial charge in [-0.1, -0.05) is 0 Å². The summed E-state index contributed by atoms with van der Waals surface area (Å²) >= 11 is 0. The Kier molecular flexibility index (Phi) is 4.79. The van der Waals surface area contributed by atoms with Crippen molar-refractivity contribution in [3.05, 3.63) is 29.6 Å². The topological polar surface area (TPSA) is 53.6 Å². The lowest BCUT2D eigenvalue weighted by Crippen LogP contribution is -2.32. The Hall–Kier alpha value is -1.82. The standard InChI is InChI=1S/C14H20FN3O2/c1-10(16-2)12-9-11(15)3-4-13(12)20-8-7-18-6-5-17-14(18)19/h3-4,9-10,16H,5-8H2,1-2H3,(H,17,19). The minimum atomic E-state index is -0.284. The predicted octanol–water partition coefficient (Wildman–Crippen LogP) is 1.51. The van der Waals surface area contributed by atoms with Crippen LogP contribution >= 0.6 is 0 Å². The van der Waals surface area contributed by atoms with E-state index in [2.05, 4.69) is 10.6 Å². The molecule has 110 valence electrons. The van der Waals surface area contributed by atoms with Crippen molar-refractivity contribution in [2.45, 2.75) is 13.0 Å². The molecule has 1 fully saturated rings. The molecule has 20 heavy (non-hydrogen) atoms. The number of rotatable bonds is 6. The molecule has 0 aliphatic carbocycles. The first-order valence-corrected chi connectivity index (χ1v) is 6.74. The van der Waals surface area contributed by atoms with E-state index in [0.29, 0.717) is 32.0 Å². The maximum atomic E-state index is 13.3. The van der Waals surface area contributed by atoms with Gasteiger partial charge in [-0.3, -0.25) is 0 Å². The van der Waals surface area contributed by atoms with Gasteiger partial charge in [0.1, 0.15) is 18.2 Å². The van der Waals surface area contributed by atoms with E-state index in [0.717, 1.165) is 5.56 Å². The van der Waals surface area contributed by atoms with Crippen LogP contribution in [0.15, 0.2) is 18.2 Å². The van der Waals surface area contributed by atoms with Crippen LogP contribution in [0.25, 0.3) is 0 Å². The smallest absolute Gasteiger partial charge is 0.317 e. The third-order valence-electron chi connectivity index (χ3n) is 3.44. The summed E-state index contributed by atoms with van der Waals surface area (Å²) in [5.74, 6) is 0.362. The van der Waals surface area contributed by atoms with Crippen LogP contribution in [0.3, 0.4) is 0 Å². The highest BCUT2D eigenvalue weighted by Crippen LogP contribution is 2.25. The monoisotopic (exact) mass is 281 g/mol. The summed E-state index contributed by atoms with van der Waals surface area (Å²) in [5, 5.41) is 5.80. The molecule has 0 saturated carbocycles. The Balaban J connectivity index is 1.96. The first kappa shape index (κ1) is 14.6. The molecule has 2 rings (SSSR count). The summed E-state index contributed by atoms with van der Waals surface area (Å²) in [6, 6.07) is 4.41. The van der Waals surface area contributed by atoms with Crippen molar-refractivity contribution in [2.24, 2.45) is 0 Å². The Morgan fingerprint density at radius 1 is 1.55 bits per heavy atom. The minimum Gasteiger partial charge on any atom is -0.491 e. The SMILES string of the molecule is CNC(C)c1cc(F)ccc1OCCN1CCNC1=O. The molecule has 1 aromatic carbocycles. The van der Waals surface area contributed by atoms with Crippen molar-refractivity contribution >= 4 is 6.03 Å². The molecule has 2 amide bonds. The molecule has 0 bridgehead atoms. The first-order chi connectivity index (χ1) is 9.61. The van der Waals surface area contributed by atoms with Gasteiger partial charge in [0.2, 0.25) is 0 Å². The highest BCUT2D eigenvalue weighted by molar-refractivity contribution is 5.76. The zero-order chi connectivity index (χ0) is 14.5. The summed E-state index contributed by atoms with van der Waals surface area (Å²) in [6.07, 6.45) is 0. The van der Waals surface area contributed by atoms with E-state index in [-0.39, 0.29) is 17.9 Å². The number of hydrogen-bond acceptors (Lipinski definition) is 3. The van der Waals surface area contributed by atoms with Gasteiger partial charge in [0, 0.05) is 24.7 Å². The molecule has 0 aromatic heterocycles. The van der Waals surface area contributed by atoms with Gasteiger partial charge in [0.25, 0.3) is 0 Å². The quantitative estimate of drug-likeness (QED) is 0.831. The maximum Gasteiger partial charge on any atom is 0.317 e. The number of nitrogens with zero attached hydrogens (tertiary/aromatic N) is 1. The lowest BCUT2D eigenvalue weighted by atomic mass is 10.1. The molecule has 1 unspecified atom stereocenters. The van der Waals surface area contributed by atoms with Gasteiger partial charge in [0.05, 0.1) is 6.54 Å². The molecule has 1 heterocycles. The van der Waals surface area contributed by atoms with Crippen LogP contribution in [0.4, 0.5) is 9.18 Å². The molecule has 1 aliphatic rings. The van der Waals surface area contributed by atoms with E-state index in [1.165, 1.54) is 12.1 Å². The second-order valence-electron chi connectivity index (χ2n) is 4.76. The third kappa shape index (κ3) is 3.39. The van der Waals surface area contributed by atoms with E-state index in [4.69, 9.17) is 4.74 Å². The largest absolute Gasteiger partial charge is 0.491 e.